The molecule has 0 spiro atoms. The Morgan fingerprint density at radius 3 is 2.32 bits per heavy atom. The van der Waals surface area contributed by atoms with Crippen LogP contribution in [-0.4, -0.2) is 57.8 Å². The first-order valence-electron chi connectivity index (χ1n) is 5.91. The molecule has 4 N–H and O–H groups in total. The maximum absolute atomic E-state index is 11.7. The number of carboxylic acid groups (broad SMARTS) is 2. The van der Waals surface area contributed by atoms with E-state index in [0.717, 1.165) is 6.42 Å². The van der Waals surface area contributed by atoms with Crippen LogP contribution in [0.1, 0.15) is 19.8 Å². The van der Waals surface area contributed by atoms with Crippen LogP contribution in [0.25, 0.3) is 0 Å². The summed E-state index contributed by atoms with van der Waals surface area (Å²) >= 11 is 4.03. The summed E-state index contributed by atoms with van der Waals surface area (Å²) in [5.41, 5.74) is 4.57. The van der Waals surface area contributed by atoms with Crippen LogP contribution in [0.3, 0.4) is 0 Å². The lowest BCUT2D eigenvalue weighted by atomic mass is 10.1. The molecule has 1 aliphatic heterocycles. The number of carbonyl (C=O) groups is 3. The van der Waals surface area contributed by atoms with Crippen molar-refractivity contribution in [3.8, 4) is 0 Å². The van der Waals surface area contributed by atoms with Crippen LogP contribution in [-0.2, 0) is 14.4 Å². The summed E-state index contributed by atoms with van der Waals surface area (Å²) in [4.78, 5) is 33.2. The number of aliphatic carboxylic acids is 2. The molecule has 7 nitrogen and oxygen atoms in total. The van der Waals surface area contributed by atoms with Gasteiger partial charge in [-0.05, 0) is 12.8 Å². The monoisotopic (exact) mass is 292 g/mol. The molecule has 2 atom stereocenters. The Balaban J connectivity index is 0.000000555. The number of amides is 1. The highest BCUT2D eigenvalue weighted by atomic mass is 32.1. The molecule has 0 radical (unpaired) electrons. The van der Waals surface area contributed by atoms with E-state index in [1.807, 2.05) is 0 Å². The number of rotatable bonds is 4. The number of hydrogen-bond acceptors (Lipinski definition) is 5. The predicted octanol–water partition coefficient (Wildman–Crippen LogP) is -0.342. The fraction of sp³-hybridized carbons (Fsp3) is 0.727. The smallest absolute Gasteiger partial charge is 0.326 e. The zero-order valence-electron chi connectivity index (χ0n) is 10.8. The Labute approximate surface area is 117 Å². The van der Waals surface area contributed by atoms with Gasteiger partial charge in [-0.3, -0.25) is 9.59 Å². The van der Waals surface area contributed by atoms with Gasteiger partial charge in [-0.2, -0.15) is 12.6 Å². The highest BCUT2D eigenvalue weighted by molar-refractivity contribution is 7.80. The molecule has 0 aromatic rings. The quantitative estimate of drug-likeness (QED) is 0.526. The van der Waals surface area contributed by atoms with Gasteiger partial charge in [0.15, 0.2) is 0 Å². The van der Waals surface area contributed by atoms with Gasteiger partial charge in [0.05, 0.1) is 6.54 Å². The summed E-state index contributed by atoms with van der Waals surface area (Å²) in [6.45, 7) is 2.06. The van der Waals surface area contributed by atoms with E-state index in [9.17, 15) is 14.4 Å². The second-order valence-electron chi connectivity index (χ2n) is 4.21. The summed E-state index contributed by atoms with van der Waals surface area (Å²) in [5.74, 6) is -1.70. The number of carbonyl (C=O) groups excluding carboxylic acids is 1. The van der Waals surface area contributed by atoms with Crippen molar-refractivity contribution in [2.75, 3.05) is 18.8 Å². The van der Waals surface area contributed by atoms with Gasteiger partial charge in [-0.1, -0.05) is 6.92 Å². The molecular weight excluding hydrogens is 272 g/mol. The maximum Gasteiger partial charge on any atom is 0.326 e. The van der Waals surface area contributed by atoms with Gasteiger partial charge in [-0.25, -0.2) is 4.79 Å². The summed E-state index contributed by atoms with van der Waals surface area (Å²) in [7, 11) is 0. The lowest BCUT2D eigenvalue weighted by Gasteiger charge is -2.24. The maximum atomic E-state index is 11.7. The van der Waals surface area contributed by atoms with Crippen LogP contribution < -0.4 is 5.73 Å². The van der Waals surface area contributed by atoms with Gasteiger partial charge in [-0.15, -0.1) is 0 Å². The van der Waals surface area contributed by atoms with Crippen molar-refractivity contribution in [3.63, 3.8) is 0 Å². The van der Waals surface area contributed by atoms with Crippen molar-refractivity contribution in [3.05, 3.63) is 0 Å². The topological polar surface area (TPSA) is 121 Å². The van der Waals surface area contributed by atoms with E-state index in [1.54, 1.807) is 6.92 Å². The largest absolute Gasteiger partial charge is 0.480 e. The number of carboxylic acids is 2. The molecule has 1 rings (SSSR count). The molecular formula is C11H20N2O5S. The zero-order chi connectivity index (χ0) is 15.0. The van der Waals surface area contributed by atoms with Crippen molar-refractivity contribution < 1.29 is 24.6 Å². The van der Waals surface area contributed by atoms with E-state index < -0.39 is 18.0 Å². The molecule has 0 aromatic carbocycles. The molecule has 0 aromatic heterocycles. The first kappa shape index (κ1) is 17.7. The highest BCUT2D eigenvalue weighted by Gasteiger charge is 2.35. The Kier molecular flexibility index (Phi) is 8.17. The number of nitrogens with zero attached hydrogens (tertiary/aromatic N) is 1. The summed E-state index contributed by atoms with van der Waals surface area (Å²) in [5, 5.41) is 16.5. The minimum absolute atomic E-state index is 0.0927. The average Bonchev–Trinajstić information content (AvgIpc) is 2.86. The summed E-state index contributed by atoms with van der Waals surface area (Å²) < 4.78 is 0. The Hall–Kier alpha value is -1.28. The molecule has 1 aliphatic rings. The van der Waals surface area contributed by atoms with E-state index in [-0.39, 0.29) is 18.4 Å². The van der Waals surface area contributed by atoms with Gasteiger partial charge in [0.25, 0.3) is 0 Å². The third-order valence-electron chi connectivity index (χ3n) is 2.69. The molecule has 8 heteroatoms. The molecule has 0 aliphatic carbocycles. The first-order chi connectivity index (χ1) is 8.84. The lowest BCUT2D eigenvalue weighted by molar-refractivity contribution is -0.149. The van der Waals surface area contributed by atoms with Crippen LogP contribution in [0, 0.1) is 5.92 Å². The van der Waals surface area contributed by atoms with Gasteiger partial charge in [0.1, 0.15) is 6.04 Å². The molecule has 0 bridgehead atoms. The van der Waals surface area contributed by atoms with Crippen molar-refractivity contribution in [1.29, 1.82) is 0 Å². The predicted molar refractivity (Wildman–Crippen MR) is 72.1 cm³/mol. The van der Waals surface area contributed by atoms with Gasteiger partial charge in [0.2, 0.25) is 5.91 Å². The minimum atomic E-state index is -0.968. The van der Waals surface area contributed by atoms with Gasteiger partial charge in [0, 0.05) is 18.2 Å². The van der Waals surface area contributed by atoms with E-state index in [1.165, 1.54) is 4.90 Å². The Morgan fingerprint density at radius 1 is 1.42 bits per heavy atom. The molecule has 1 fully saturated rings. The molecule has 1 heterocycles. The molecule has 1 saturated heterocycles. The Morgan fingerprint density at radius 2 is 1.95 bits per heavy atom. The standard InChI is InChI=1S/C9H15NO3S.C2H5NO2/c1-6(5-14)8(11)10-4-2-3-7(10)9(12)13;3-1-2(4)5/h6-7,14H,2-5H2,1H3,(H,12,13);1,3H2,(H,4,5)/t6-,7+;/m1./s1. The number of nitrogens with two attached hydrogens (primary N) is 1. The summed E-state index contributed by atoms with van der Waals surface area (Å²) in [6, 6.07) is -0.621. The second-order valence-corrected chi connectivity index (χ2v) is 4.57. The molecule has 110 valence electrons. The summed E-state index contributed by atoms with van der Waals surface area (Å²) in [6.07, 6.45) is 1.35. The van der Waals surface area contributed by atoms with Gasteiger partial charge >= 0.3 is 11.9 Å². The third kappa shape index (κ3) is 5.93. The van der Waals surface area contributed by atoms with Crippen molar-refractivity contribution in [2.24, 2.45) is 11.7 Å². The molecule has 1 amide bonds. The van der Waals surface area contributed by atoms with Crippen LogP contribution in [0.15, 0.2) is 0 Å². The van der Waals surface area contributed by atoms with Crippen molar-refractivity contribution in [1.82, 2.24) is 4.90 Å². The zero-order valence-corrected chi connectivity index (χ0v) is 11.7. The number of hydrogen-bond donors (Lipinski definition) is 4. The normalized spacial score (nSPS) is 19.3. The van der Waals surface area contributed by atoms with E-state index in [2.05, 4.69) is 18.4 Å². The van der Waals surface area contributed by atoms with Crippen LogP contribution in [0.2, 0.25) is 0 Å². The SMILES string of the molecule is C[C@H](CS)C(=O)N1CCC[C@H]1C(=O)O.NCC(=O)O. The molecule has 19 heavy (non-hydrogen) atoms. The van der Waals surface area contributed by atoms with Crippen molar-refractivity contribution >= 4 is 30.5 Å². The average molecular weight is 292 g/mol. The molecule has 0 unspecified atom stereocenters. The third-order valence-corrected chi connectivity index (χ3v) is 3.24. The van der Waals surface area contributed by atoms with E-state index in [0.29, 0.717) is 18.7 Å². The number of likely N-dealkylation sites (tertiary alicyclic amines) is 1. The fourth-order valence-electron chi connectivity index (χ4n) is 1.65. The van der Waals surface area contributed by atoms with Crippen LogP contribution in [0.4, 0.5) is 0 Å². The minimum Gasteiger partial charge on any atom is -0.480 e. The van der Waals surface area contributed by atoms with Gasteiger partial charge < -0.3 is 20.8 Å². The Bertz CT molecular complexity index is 337. The number of thiol groups is 1. The lowest BCUT2D eigenvalue weighted by Crippen LogP contribution is -2.43. The van der Waals surface area contributed by atoms with E-state index in [4.69, 9.17) is 10.2 Å². The highest BCUT2D eigenvalue weighted by Crippen LogP contribution is 2.20. The molecule has 0 saturated carbocycles. The fourth-order valence-corrected chi connectivity index (χ4v) is 1.80. The first-order valence-corrected chi connectivity index (χ1v) is 6.54. The van der Waals surface area contributed by atoms with Crippen LogP contribution in [0.5, 0.6) is 0 Å². The second kappa shape index (κ2) is 8.76. The van der Waals surface area contributed by atoms with E-state index >= 15 is 0 Å². The van der Waals surface area contributed by atoms with Crippen molar-refractivity contribution in [2.45, 2.75) is 25.8 Å². The van der Waals surface area contributed by atoms with Crippen LogP contribution >= 0.6 is 12.6 Å².